The van der Waals surface area contributed by atoms with Crippen LogP contribution >= 0.6 is 0 Å². The number of alkyl halides is 3. The van der Waals surface area contributed by atoms with Crippen molar-refractivity contribution in [2.75, 3.05) is 31.6 Å². The Morgan fingerprint density at radius 2 is 1.89 bits per heavy atom. The molecule has 0 amide bonds. The maximum atomic E-state index is 13.2. The molecule has 0 saturated carbocycles. The van der Waals surface area contributed by atoms with Crippen molar-refractivity contribution in [3.05, 3.63) is 59.3 Å². The molecule has 0 bridgehead atoms. The van der Waals surface area contributed by atoms with Crippen molar-refractivity contribution < 1.29 is 17.9 Å². The fraction of sp³-hybridized carbons (Fsp3) is 0.263. The predicted molar refractivity (Wildman–Crippen MR) is 96.9 cm³/mol. The van der Waals surface area contributed by atoms with Crippen LogP contribution in [0.15, 0.2) is 53.0 Å². The average molecular weight is 374 g/mol. The summed E-state index contributed by atoms with van der Waals surface area (Å²) in [6, 6.07) is 11.7. The van der Waals surface area contributed by atoms with Gasteiger partial charge in [0, 0.05) is 18.3 Å². The Kier molecular flexibility index (Phi) is 4.25. The molecule has 2 aliphatic heterocycles. The summed E-state index contributed by atoms with van der Waals surface area (Å²) in [5.74, 6) is 0.772. The van der Waals surface area contributed by atoms with Crippen molar-refractivity contribution in [3.63, 3.8) is 0 Å². The number of pyridine rings is 1. The minimum absolute atomic E-state index is 0.253. The van der Waals surface area contributed by atoms with Crippen LogP contribution < -0.4 is 10.2 Å². The van der Waals surface area contributed by atoms with Crippen LogP contribution in [0.3, 0.4) is 0 Å². The molecule has 0 fully saturated rings. The number of hydrogen-bond donors (Lipinski definition) is 1. The fourth-order valence-electron chi connectivity index (χ4n) is 3.28. The number of fused-ring (bicyclic) bond motifs is 1. The number of hydrogen-bond acceptors (Lipinski definition) is 5. The van der Waals surface area contributed by atoms with Crippen molar-refractivity contribution in [1.82, 2.24) is 10.3 Å². The first-order chi connectivity index (χ1) is 13.0. The zero-order valence-electron chi connectivity index (χ0n) is 14.5. The van der Waals surface area contributed by atoms with Gasteiger partial charge in [-0.1, -0.05) is 18.2 Å². The Hall–Kier alpha value is -3.03. The van der Waals surface area contributed by atoms with Gasteiger partial charge in [-0.3, -0.25) is 0 Å². The minimum atomic E-state index is -4.51. The molecule has 4 rings (SSSR count). The summed E-state index contributed by atoms with van der Waals surface area (Å²) < 4.78 is 45.3. The summed E-state index contributed by atoms with van der Waals surface area (Å²) in [4.78, 5) is 10.1. The number of anilines is 2. The first kappa shape index (κ1) is 17.4. The molecule has 2 aliphatic rings. The number of nitrogens with one attached hydrogen (secondary N) is 1. The second-order valence-electron chi connectivity index (χ2n) is 6.13. The van der Waals surface area contributed by atoms with Crippen LogP contribution in [0.1, 0.15) is 11.3 Å². The van der Waals surface area contributed by atoms with Gasteiger partial charge in [-0.15, -0.1) is 0 Å². The maximum Gasteiger partial charge on any atom is 0.433 e. The third kappa shape index (κ3) is 3.11. The van der Waals surface area contributed by atoms with Gasteiger partial charge in [0.15, 0.2) is 0 Å². The van der Waals surface area contributed by atoms with E-state index in [2.05, 4.69) is 15.3 Å². The van der Waals surface area contributed by atoms with Gasteiger partial charge in [0.1, 0.15) is 18.1 Å². The van der Waals surface area contributed by atoms with Gasteiger partial charge >= 0.3 is 6.18 Å². The van der Waals surface area contributed by atoms with Gasteiger partial charge in [0.25, 0.3) is 0 Å². The summed E-state index contributed by atoms with van der Waals surface area (Å²) in [5, 5.41) is 3.09. The number of halogens is 3. The first-order valence-electron chi connectivity index (χ1n) is 8.49. The Morgan fingerprint density at radius 1 is 1.11 bits per heavy atom. The lowest BCUT2D eigenvalue weighted by Crippen LogP contribution is -2.33. The molecule has 0 radical (unpaired) electrons. The summed E-state index contributed by atoms with van der Waals surface area (Å²) in [6.07, 6.45) is -4.51. The van der Waals surface area contributed by atoms with Crippen molar-refractivity contribution >= 4 is 23.1 Å². The molecule has 2 aromatic rings. The summed E-state index contributed by atoms with van der Waals surface area (Å²) in [6.45, 7) is 1.37. The van der Waals surface area contributed by atoms with Gasteiger partial charge in [0.05, 0.1) is 24.4 Å². The molecule has 0 atom stereocenters. The highest BCUT2D eigenvalue weighted by Crippen LogP contribution is 2.39. The number of aromatic nitrogens is 1. The summed E-state index contributed by atoms with van der Waals surface area (Å²) in [5.41, 5.74) is 1.88. The van der Waals surface area contributed by atoms with Gasteiger partial charge in [-0.2, -0.15) is 13.2 Å². The molecule has 1 N–H and O–H groups in total. The first-order valence-corrected chi connectivity index (χ1v) is 8.49. The van der Waals surface area contributed by atoms with Crippen LogP contribution in [0, 0.1) is 0 Å². The van der Waals surface area contributed by atoms with E-state index in [0.29, 0.717) is 36.9 Å². The van der Waals surface area contributed by atoms with Crippen LogP contribution in [-0.4, -0.2) is 37.6 Å². The van der Waals surface area contributed by atoms with E-state index in [4.69, 9.17) is 4.74 Å². The van der Waals surface area contributed by atoms with Crippen LogP contribution in [-0.2, 0) is 10.9 Å². The fourth-order valence-corrected chi connectivity index (χ4v) is 3.28. The molecular weight excluding hydrogens is 357 g/mol. The largest absolute Gasteiger partial charge is 0.476 e. The molecule has 27 heavy (non-hydrogen) atoms. The number of rotatable bonds is 3. The van der Waals surface area contributed by atoms with E-state index < -0.39 is 11.9 Å². The highest BCUT2D eigenvalue weighted by Gasteiger charge is 2.36. The topological polar surface area (TPSA) is 49.8 Å². The van der Waals surface area contributed by atoms with Crippen molar-refractivity contribution in [2.45, 2.75) is 6.18 Å². The predicted octanol–water partition coefficient (Wildman–Crippen LogP) is 3.61. The Morgan fingerprint density at radius 3 is 2.52 bits per heavy atom. The Balaban J connectivity index is 1.92. The third-order valence-electron chi connectivity index (χ3n) is 4.47. The van der Waals surface area contributed by atoms with E-state index in [1.807, 2.05) is 30.3 Å². The van der Waals surface area contributed by atoms with E-state index in [0.717, 1.165) is 17.3 Å². The van der Waals surface area contributed by atoms with Crippen LogP contribution in [0.25, 0.3) is 5.70 Å². The van der Waals surface area contributed by atoms with Gasteiger partial charge in [-0.25, -0.2) is 9.98 Å². The SMILES string of the molecule is CNC1=C(C2=NCCO2)CN(c2ccccc2)c2nc(C(F)(F)F)ccc21. The summed E-state index contributed by atoms with van der Waals surface area (Å²) in [7, 11) is 1.73. The second kappa shape index (κ2) is 6.61. The lowest BCUT2D eigenvalue weighted by atomic mass is 10.00. The Bertz CT molecular complexity index is 922. The molecule has 0 spiro atoms. The molecular formula is C19H17F3N4O. The van der Waals surface area contributed by atoms with E-state index in [1.54, 1.807) is 11.9 Å². The number of benzene rings is 1. The molecule has 1 aromatic heterocycles. The zero-order chi connectivity index (χ0) is 19.0. The van der Waals surface area contributed by atoms with Crippen molar-refractivity contribution in [3.8, 4) is 0 Å². The average Bonchev–Trinajstić information content (AvgIpc) is 3.20. The second-order valence-corrected chi connectivity index (χ2v) is 6.13. The third-order valence-corrected chi connectivity index (χ3v) is 4.47. The molecule has 3 heterocycles. The lowest BCUT2D eigenvalue weighted by Gasteiger charge is -2.33. The standard InChI is InChI=1S/C19H17F3N4O/c1-23-16-13-7-8-15(19(20,21)22)25-17(13)26(12-5-3-2-4-6-12)11-14(16)18-24-9-10-27-18/h2-8,23H,9-11H2,1H3. The van der Waals surface area contributed by atoms with Gasteiger partial charge in [0.2, 0.25) is 5.90 Å². The van der Waals surface area contributed by atoms with Crippen LogP contribution in [0.5, 0.6) is 0 Å². The maximum absolute atomic E-state index is 13.2. The molecule has 1 aromatic carbocycles. The van der Waals surface area contributed by atoms with E-state index in [1.165, 1.54) is 6.07 Å². The molecule has 0 aliphatic carbocycles. The van der Waals surface area contributed by atoms with Crippen molar-refractivity contribution in [1.29, 1.82) is 0 Å². The molecule has 0 saturated heterocycles. The smallest absolute Gasteiger partial charge is 0.433 e. The normalized spacial score (nSPS) is 16.7. The molecule has 0 unspecified atom stereocenters. The number of para-hydroxylation sites is 1. The van der Waals surface area contributed by atoms with Gasteiger partial charge in [-0.05, 0) is 24.3 Å². The minimum Gasteiger partial charge on any atom is -0.476 e. The molecule has 8 heteroatoms. The monoisotopic (exact) mass is 374 g/mol. The quantitative estimate of drug-likeness (QED) is 0.892. The molecule has 140 valence electrons. The van der Waals surface area contributed by atoms with Gasteiger partial charge < -0.3 is 15.0 Å². The number of aliphatic imine (C=N–C) groups is 1. The van der Waals surface area contributed by atoms with Crippen LogP contribution in [0.2, 0.25) is 0 Å². The van der Waals surface area contributed by atoms with E-state index in [9.17, 15) is 13.2 Å². The van der Waals surface area contributed by atoms with Crippen molar-refractivity contribution in [2.24, 2.45) is 4.99 Å². The zero-order valence-corrected chi connectivity index (χ0v) is 14.5. The van der Waals surface area contributed by atoms with E-state index >= 15 is 0 Å². The van der Waals surface area contributed by atoms with Crippen LogP contribution in [0.4, 0.5) is 24.7 Å². The summed E-state index contributed by atoms with van der Waals surface area (Å²) >= 11 is 0. The number of ether oxygens (including phenoxy) is 1. The van der Waals surface area contributed by atoms with E-state index in [-0.39, 0.29) is 5.82 Å². The highest BCUT2D eigenvalue weighted by molar-refractivity contribution is 6.05. The lowest BCUT2D eigenvalue weighted by molar-refractivity contribution is -0.141. The highest BCUT2D eigenvalue weighted by atomic mass is 19.4. The Labute approximate surface area is 154 Å². The number of nitrogens with zero attached hydrogens (tertiary/aromatic N) is 3. The molecule has 5 nitrogen and oxygen atoms in total.